The van der Waals surface area contributed by atoms with Gasteiger partial charge in [-0.3, -0.25) is 14.5 Å². The van der Waals surface area contributed by atoms with E-state index in [9.17, 15) is 9.59 Å². The molecule has 2 aromatic carbocycles. The van der Waals surface area contributed by atoms with Gasteiger partial charge in [-0.15, -0.1) is 0 Å². The van der Waals surface area contributed by atoms with Crippen molar-refractivity contribution in [3.63, 3.8) is 0 Å². The smallest absolute Gasteiger partial charge is 0.295 e. The largest absolute Gasteiger partial charge is 0.493 e. The minimum atomic E-state index is -1.25. The highest BCUT2D eigenvalue weighted by Crippen LogP contribution is 2.40. The van der Waals surface area contributed by atoms with Crippen LogP contribution in [0.1, 0.15) is 47.8 Å². The predicted molar refractivity (Wildman–Crippen MR) is 125 cm³/mol. The molecule has 1 saturated carbocycles. The first kappa shape index (κ1) is 23.4. The van der Waals surface area contributed by atoms with Crippen LogP contribution < -0.4 is 19.7 Å². The van der Waals surface area contributed by atoms with Crippen LogP contribution in [0.3, 0.4) is 0 Å². The summed E-state index contributed by atoms with van der Waals surface area (Å²) in [6.45, 7) is 0. The topological polar surface area (TPSA) is 81.0 Å². The maximum absolute atomic E-state index is 15.1. The molecular formula is C26H27FN2O5. The maximum atomic E-state index is 15.1. The molecule has 0 unspecified atom stereocenters. The Bertz CT molecular complexity index is 1140. The van der Waals surface area contributed by atoms with Crippen LogP contribution >= 0.6 is 0 Å². The molecule has 0 spiro atoms. The van der Waals surface area contributed by atoms with Gasteiger partial charge >= 0.3 is 0 Å². The van der Waals surface area contributed by atoms with Gasteiger partial charge in [0, 0.05) is 11.6 Å². The number of benzene rings is 2. The standard InChI is InChI=1S/C26H27FN2O5/c1-32-21-14-7-11-18(24(21)33-2)23(25(30)28-17-9-3-4-10-17)29(20-13-6-5-12-19(20)27)26(31)22-15-8-16-34-22/h5-8,11-17,23H,3-4,9-10H2,1-2H3,(H,28,30)/t23-/m1/s1. The van der Waals surface area contributed by atoms with E-state index in [1.807, 2.05) is 0 Å². The van der Waals surface area contributed by atoms with Gasteiger partial charge in [-0.25, -0.2) is 4.39 Å². The number of methoxy groups -OCH3 is 2. The molecule has 0 bridgehead atoms. The first-order chi connectivity index (χ1) is 16.5. The average Bonchev–Trinajstić information content (AvgIpc) is 3.57. The Kier molecular flexibility index (Phi) is 7.15. The van der Waals surface area contributed by atoms with Crippen molar-refractivity contribution in [2.45, 2.75) is 37.8 Å². The van der Waals surface area contributed by atoms with Crippen LogP contribution in [0.15, 0.2) is 65.3 Å². The van der Waals surface area contributed by atoms with E-state index in [2.05, 4.69) is 5.32 Å². The number of halogens is 1. The Morgan fingerprint density at radius 1 is 1.03 bits per heavy atom. The van der Waals surface area contributed by atoms with Gasteiger partial charge in [-0.1, -0.05) is 37.1 Å². The summed E-state index contributed by atoms with van der Waals surface area (Å²) in [5, 5.41) is 3.05. The highest BCUT2D eigenvalue weighted by atomic mass is 19.1. The number of nitrogens with zero attached hydrogens (tertiary/aromatic N) is 1. The lowest BCUT2D eigenvalue weighted by atomic mass is 10.00. The zero-order chi connectivity index (χ0) is 24.1. The van der Waals surface area contributed by atoms with Crippen molar-refractivity contribution in [3.05, 3.63) is 78.0 Å². The molecule has 0 aliphatic heterocycles. The van der Waals surface area contributed by atoms with Gasteiger partial charge in [-0.05, 0) is 43.2 Å². The third-order valence-electron chi connectivity index (χ3n) is 6.00. The Hall–Kier alpha value is -3.81. The zero-order valence-corrected chi connectivity index (χ0v) is 19.1. The Morgan fingerprint density at radius 2 is 1.79 bits per heavy atom. The van der Waals surface area contributed by atoms with Crippen molar-refractivity contribution in [1.82, 2.24) is 5.32 Å². The van der Waals surface area contributed by atoms with Gasteiger partial charge in [-0.2, -0.15) is 0 Å². The SMILES string of the molecule is COc1cccc([C@H](C(=O)NC2CCCC2)N(C(=O)c2ccco2)c2ccccc2F)c1OC. The normalized spacial score (nSPS) is 14.4. The number of amides is 2. The number of rotatable bonds is 8. The average molecular weight is 467 g/mol. The zero-order valence-electron chi connectivity index (χ0n) is 19.1. The van der Waals surface area contributed by atoms with Gasteiger partial charge in [0.1, 0.15) is 11.9 Å². The monoisotopic (exact) mass is 466 g/mol. The number of anilines is 1. The summed E-state index contributed by atoms with van der Waals surface area (Å²) < 4.78 is 31.5. The molecule has 1 N–H and O–H groups in total. The van der Waals surface area contributed by atoms with E-state index in [4.69, 9.17) is 13.9 Å². The number of nitrogens with one attached hydrogen (secondary N) is 1. The molecule has 1 fully saturated rings. The Morgan fingerprint density at radius 3 is 2.44 bits per heavy atom. The summed E-state index contributed by atoms with van der Waals surface area (Å²) in [4.78, 5) is 28.6. The summed E-state index contributed by atoms with van der Waals surface area (Å²) in [6.07, 6.45) is 5.08. The van der Waals surface area contributed by atoms with Crippen molar-refractivity contribution in [1.29, 1.82) is 0 Å². The third kappa shape index (κ3) is 4.62. The lowest BCUT2D eigenvalue weighted by molar-refractivity contribution is -0.123. The predicted octanol–water partition coefficient (Wildman–Crippen LogP) is 4.88. The van der Waals surface area contributed by atoms with E-state index in [-0.39, 0.29) is 23.2 Å². The van der Waals surface area contributed by atoms with Gasteiger partial charge < -0.3 is 19.2 Å². The quantitative estimate of drug-likeness (QED) is 0.512. The van der Waals surface area contributed by atoms with Gasteiger partial charge in [0.05, 0.1) is 26.2 Å². The van der Waals surface area contributed by atoms with Crippen LogP contribution in [-0.4, -0.2) is 32.1 Å². The number of furan rings is 1. The number of para-hydroxylation sites is 2. The first-order valence-corrected chi connectivity index (χ1v) is 11.2. The van der Waals surface area contributed by atoms with E-state index in [0.29, 0.717) is 11.3 Å². The van der Waals surface area contributed by atoms with Crippen molar-refractivity contribution in [2.24, 2.45) is 0 Å². The van der Waals surface area contributed by atoms with Crippen molar-refractivity contribution in [3.8, 4) is 11.5 Å². The molecule has 34 heavy (non-hydrogen) atoms. The van der Waals surface area contributed by atoms with Gasteiger partial charge in [0.25, 0.3) is 5.91 Å². The van der Waals surface area contributed by atoms with E-state index < -0.39 is 23.7 Å². The van der Waals surface area contributed by atoms with Gasteiger partial charge in [0.15, 0.2) is 17.3 Å². The van der Waals surface area contributed by atoms with Crippen LogP contribution in [-0.2, 0) is 4.79 Å². The van der Waals surface area contributed by atoms with Crippen molar-refractivity contribution >= 4 is 17.5 Å². The highest BCUT2D eigenvalue weighted by Gasteiger charge is 2.39. The summed E-state index contributed by atoms with van der Waals surface area (Å²) >= 11 is 0. The molecule has 1 aliphatic rings. The summed E-state index contributed by atoms with van der Waals surface area (Å²) in [5.74, 6) is -1.11. The lowest BCUT2D eigenvalue weighted by Crippen LogP contribution is -2.46. The summed E-state index contributed by atoms with van der Waals surface area (Å²) in [7, 11) is 2.94. The van der Waals surface area contributed by atoms with Crippen LogP contribution in [0.2, 0.25) is 0 Å². The highest BCUT2D eigenvalue weighted by molar-refractivity contribution is 6.09. The Labute approximate surface area is 197 Å². The van der Waals surface area contributed by atoms with Crippen LogP contribution in [0.4, 0.5) is 10.1 Å². The van der Waals surface area contributed by atoms with Crippen molar-refractivity contribution < 1.29 is 27.9 Å². The molecular weight excluding hydrogens is 439 g/mol. The summed E-state index contributed by atoms with van der Waals surface area (Å²) in [5.41, 5.74) is 0.306. The molecule has 4 rings (SSSR count). The molecule has 1 heterocycles. The molecule has 0 saturated heterocycles. The van der Waals surface area contributed by atoms with E-state index >= 15 is 4.39 Å². The molecule has 1 aliphatic carbocycles. The summed E-state index contributed by atoms with van der Waals surface area (Å²) in [6, 6.07) is 12.7. The minimum absolute atomic E-state index is 0.0206. The second kappa shape index (κ2) is 10.4. The third-order valence-corrected chi connectivity index (χ3v) is 6.00. The minimum Gasteiger partial charge on any atom is -0.493 e. The molecule has 178 valence electrons. The molecule has 8 heteroatoms. The van der Waals surface area contributed by atoms with Crippen molar-refractivity contribution in [2.75, 3.05) is 19.1 Å². The van der Waals surface area contributed by atoms with E-state index in [1.165, 1.54) is 44.7 Å². The number of carbonyl (C=O) groups is 2. The number of carbonyl (C=O) groups excluding carboxylic acids is 2. The van der Waals surface area contributed by atoms with Gasteiger partial charge in [0.2, 0.25) is 5.91 Å². The molecule has 1 atom stereocenters. The molecule has 7 nitrogen and oxygen atoms in total. The molecule has 2 amide bonds. The first-order valence-electron chi connectivity index (χ1n) is 11.2. The second-order valence-electron chi connectivity index (χ2n) is 8.08. The fourth-order valence-corrected chi connectivity index (χ4v) is 4.41. The maximum Gasteiger partial charge on any atom is 0.295 e. The lowest BCUT2D eigenvalue weighted by Gasteiger charge is -2.32. The van der Waals surface area contributed by atoms with Crippen LogP contribution in [0.25, 0.3) is 0 Å². The second-order valence-corrected chi connectivity index (χ2v) is 8.08. The fourth-order valence-electron chi connectivity index (χ4n) is 4.41. The van der Waals surface area contributed by atoms with Crippen LogP contribution in [0, 0.1) is 5.82 Å². The number of hydrogen-bond donors (Lipinski definition) is 1. The molecule has 1 aromatic heterocycles. The molecule has 3 aromatic rings. The van der Waals surface area contributed by atoms with E-state index in [0.717, 1.165) is 30.6 Å². The molecule has 0 radical (unpaired) electrons. The number of hydrogen-bond acceptors (Lipinski definition) is 5. The number of ether oxygens (including phenoxy) is 2. The Balaban J connectivity index is 1.90. The van der Waals surface area contributed by atoms with Crippen LogP contribution in [0.5, 0.6) is 11.5 Å². The fraction of sp³-hybridized carbons (Fsp3) is 0.308. The van der Waals surface area contributed by atoms with E-state index in [1.54, 1.807) is 30.3 Å².